The largest absolute Gasteiger partial charge is 0.377 e. The molecule has 1 rings (SSSR count). The van der Waals surface area contributed by atoms with Crippen LogP contribution in [0.1, 0.15) is 32.4 Å². The van der Waals surface area contributed by atoms with Crippen molar-refractivity contribution in [3.63, 3.8) is 0 Å². The Morgan fingerprint density at radius 1 is 1.44 bits per heavy atom. The second-order valence-corrected chi connectivity index (χ2v) is 7.52. The lowest BCUT2D eigenvalue weighted by molar-refractivity contribution is 0.0614. The first-order chi connectivity index (χ1) is 7.54. The van der Waals surface area contributed by atoms with E-state index in [1.165, 1.54) is 5.56 Å². The summed E-state index contributed by atoms with van der Waals surface area (Å²) in [7, 11) is 0. The molecule has 0 amide bonds. The van der Waals surface area contributed by atoms with Crippen LogP contribution in [-0.2, 0) is 4.74 Å². The minimum atomic E-state index is 0.254. The van der Waals surface area contributed by atoms with Crippen molar-refractivity contribution >= 4 is 43.2 Å². The van der Waals surface area contributed by atoms with Gasteiger partial charge in [-0.2, -0.15) is 0 Å². The van der Waals surface area contributed by atoms with Gasteiger partial charge < -0.3 is 10.1 Å². The molecule has 5 heteroatoms. The Kier molecular flexibility index (Phi) is 6.51. The van der Waals surface area contributed by atoms with Crippen LogP contribution >= 0.6 is 43.2 Å². The highest BCUT2D eigenvalue weighted by Crippen LogP contribution is 2.35. The topological polar surface area (TPSA) is 21.3 Å². The average molecular weight is 371 g/mol. The number of halogens is 2. The molecule has 1 heterocycles. The van der Waals surface area contributed by atoms with Gasteiger partial charge in [-0.1, -0.05) is 6.92 Å². The van der Waals surface area contributed by atoms with Crippen molar-refractivity contribution in [2.75, 3.05) is 13.2 Å². The van der Waals surface area contributed by atoms with E-state index in [1.54, 1.807) is 11.3 Å². The summed E-state index contributed by atoms with van der Waals surface area (Å²) in [5.41, 5.74) is 1.26. The van der Waals surface area contributed by atoms with Crippen molar-refractivity contribution in [3.8, 4) is 0 Å². The van der Waals surface area contributed by atoms with Gasteiger partial charge in [0.1, 0.15) is 0 Å². The van der Waals surface area contributed by atoms with E-state index in [-0.39, 0.29) is 12.1 Å². The van der Waals surface area contributed by atoms with Crippen LogP contribution < -0.4 is 5.32 Å². The predicted molar refractivity (Wildman–Crippen MR) is 77.2 cm³/mol. The minimum Gasteiger partial charge on any atom is -0.377 e. The maximum atomic E-state index is 5.68. The maximum Gasteiger partial charge on any atom is 0.0759 e. The summed E-state index contributed by atoms with van der Waals surface area (Å²) in [6, 6.07) is 2.40. The zero-order valence-corrected chi connectivity index (χ0v) is 13.7. The first-order valence-electron chi connectivity index (χ1n) is 5.34. The van der Waals surface area contributed by atoms with E-state index in [0.717, 1.165) is 14.1 Å². The third kappa shape index (κ3) is 4.45. The van der Waals surface area contributed by atoms with Crippen molar-refractivity contribution in [1.29, 1.82) is 0 Å². The van der Waals surface area contributed by atoms with E-state index in [2.05, 4.69) is 64.0 Å². The summed E-state index contributed by atoms with van der Waals surface area (Å²) >= 11 is 8.79. The molecule has 16 heavy (non-hydrogen) atoms. The molecule has 0 aliphatic carbocycles. The summed E-state index contributed by atoms with van der Waals surface area (Å²) in [6.45, 7) is 7.86. The monoisotopic (exact) mass is 369 g/mol. The molecule has 1 N–H and O–H groups in total. The molecule has 1 aromatic rings. The van der Waals surface area contributed by atoms with Gasteiger partial charge in [-0.05, 0) is 63.9 Å². The Labute approximate surface area is 118 Å². The van der Waals surface area contributed by atoms with Gasteiger partial charge in [0.15, 0.2) is 0 Å². The molecule has 0 spiro atoms. The fraction of sp³-hybridized carbons (Fsp3) is 0.636. The second-order valence-electron chi connectivity index (χ2n) is 3.77. The third-order valence-corrected chi connectivity index (χ3v) is 4.49. The quantitative estimate of drug-likeness (QED) is 0.803. The average Bonchev–Trinajstić information content (AvgIpc) is 2.52. The van der Waals surface area contributed by atoms with Crippen LogP contribution in [0.2, 0.25) is 0 Å². The van der Waals surface area contributed by atoms with Gasteiger partial charge in [-0.15, -0.1) is 11.3 Å². The summed E-state index contributed by atoms with van der Waals surface area (Å²) < 4.78 is 7.99. The van der Waals surface area contributed by atoms with Gasteiger partial charge in [-0.25, -0.2) is 0 Å². The van der Waals surface area contributed by atoms with Crippen LogP contribution in [-0.4, -0.2) is 19.3 Å². The van der Waals surface area contributed by atoms with Crippen molar-refractivity contribution in [1.82, 2.24) is 5.32 Å². The van der Waals surface area contributed by atoms with Crippen molar-refractivity contribution in [2.45, 2.75) is 32.9 Å². The van der Waals surface area contributed by atoms with E-state index in [1.807, 2.05) is 0 Å². The van der Waals surface area contributed by atoms with Gasteiger partial charge in [0.05, 0.1) is 26.3 Å². The van der Waals surface area contributed by atoms with Crippen LogP contribution in [0.5, 0.6) is 0 Å². The number of thiophene rings is 1. The number of likely N-dealkylation sites (N-methyl/N-ethyl adjacent to an activating group) is 1. The molecule has 0 aromatic carbocycles. The highest BCUT2D eigenvalue weighted by atomic mass is 79.9. The molecule has 0 aliphatic rings. The Hall–Kier alpha value is 0.580. The van der Waals surface area contributed by atoms with Crippen LogP contribution in [0.3, 0.4) is 0 Å². The molecule has 1 aromatic heterocycles. The summed E-state index contributed by atoms with van der Waals surface area (Å²) in [5, 5.41) is 3.44. The highest BCUT2D eigenvalue weighted by Gasteiger charge is 2.17. The molecule has 0 bridgehead atoms. The molecule has 0 fully saturated rings. The molecule has 0 radical (unpaired) electrons. The lowest BCUT2D eigenvalue weighted by atomic mass is 10.1. The Morgan fingerprint density at radius 2 is 2.12 bits per heavy atom. The number of ether oxygens (including phenoxy) is 1. The van der Waals surface area contributed by atoms with E-state index in [4.69, 9.17) is 4.74 Å². The van der Waals surface area contributed by atoms with Gasteiger partial charge in [0, 0.05) is 0 Å². The Morgan fingerprint density at radius 3 is 2.56 bits per heavy atom. The maximum absolute atomic E-state index is 5.68. The Bertz CT molecular complexity index is 328. The molecule has 0 saturated heterocycles. The molecule has 0 aliphatic heterocycles. The van der Waals surface area contributed by atoms with Crippen molar-refractivity contribution < 1.29 is 4.74 Å². The standard InChI is InChI=1S/C11H17Br2NOS/c1-4-14-9(6-15-7(2)3)8-5-10(12)16-11(8)13/h5,7,9,14H,4,6H2,1-3H3. The minimum absolute atomic E-state index is 0.254. The molecular weight excluding hydrogens is 354 g/mol. The summed E-state index contributed by atoms with van der Waals surface area (Å²) in [6.07, 6.45) is 0.266. The summed E-state index contributed by atoms with van der Waals surface area (Å²) in [5.74, 6) is 0. The fourth-order valence-electron chi connectivity index (χ4n) is 1.38. The Balaban J connectivity index is 2.72. The molecule has 1 atom stereocenters. The van der Waals surface area contributed by atoms with Crippen LogP contribution in [0.4, 0.5) is 0 Å². The number of hydrogen-bond acceptors (Lipinski definition) is 3. The molecule has 0 saturated carbocycles. The van der Waals surface area contributed by atoms with Crippen LogP contribution in [0.15, 0.2) is 13.6 Å². The predicted octanol–water partition coefficient (Wildman–Crippen LogP) is 4.35. The zero-order valence-electron chi connectivity index (χ0n) is 9.72. The van der Waals surface area contributed by atoms with Crippen molar-refractivity contribution in [3.05, 3.63) is 19.2 Å². The van der Waals surface area contributed by atoms with Gasteiger partial charge >= 0.3 is 0 Å². The van der Waals surface area contributed by atoms with Gasteiger partial charge in [0.25, 0.3) is 0 Å². The first kappa shape index (κ1) is 14.6. The lowest BCUT2D eigenvalue weighted by Gasteiger charge is -2.19. The molecule has 92 valence electrons. The first-order valence-corrected chi connectivity index (χ1v) is 7.74. The van der Waals surface area contributed by atoms with Crippen LogP contribution in [0.25, 0.3) is 0 Å². The molecule has 2 nitrogen and oxygen atoms in total. The molecule has 1 unspecified atom stereocenters. The third-order valence-electron chi connectivity index (χ3n) is 2.11. The van der Waals surface area contributed by atoms with Crippen molar-refractivity contribution in [2.24, 2.45) is 0 Å². The second kappa shape index (κ2) is 7.11. The fourth-order valence-corrected chi connectivity index (χ4v) is 4.36. The lowest BCUT2D eigenvalue weighted by Crippen LogP contribution is -2.26. The highest BCUT2D eigenvalue weighted by molar-refractivity contribution is 9.12. The molecular formula is C11H17Br2NOS. The smallest absolute Gasteiger partial charge is 0.0759 e. The van der Waals surface area contributed by atoms with E-state index < -0.39 is 0 Å². The number of hydrogen-bond donors (Lipinski definition) is 1. The number of nitrogens with one attached hydrogen (secondary N) is 1. The zero-order chi connectivity index (χ0) is 12.1. The number of rotatable bonds is 6. The summed E-state index contributed by atoms with van der Waals surface area (Å²) in [4.78, 5) is 0. The van der Waals surface area contributed by atoms with E-state index >= 15 is 0 Å². The van der Waals surface area contributed by atoms with E-state index in [0.29, 0.717) is 6.61 Å². The SMILES string of the molecule is CCNC(COC(C)C)c1cc(Br)sc1Br. The van der Waals surface area contributed by atoms with Gasteiger partial charge in [-0.3, -0.25) is 0 Å². The van der Waals surface area contributed by atoms with Gasteiger partial charge in [0.2, 0.25) is 0 Å². The van der Waals surface area contributed by atoms with E-state index in [9.17, 15) is 0 Å². The normalized spacial score (nSPS) is 13.4. The van der Waals surface area contributed by atoms with Crippen LogP contribution in [0, 0.1) is 0 Å².